The molecule has 0 aliphatic rings. The van der Waals surface area contributed by atoms with E-state index in [1.54, 1.807) is 25.0 Å². The Morgan fingerprint density at radius 2 is 1.94 bits per heavy atom. The quantitative estimate of drug-likeness (QED) is 0.307. The lowest BCUT2D eigenvalue weighted by molar-refractivity contribution is 0.0599. The van der Waals surface area contributed by atoms with Gasteiger partial charge in [-0.2, -0.15) is 5.10 Å². The van der Waals surface area contributed by atoms with Crippen molar-refractivity contribution in [3.63, 3.8) is 0 Å². The smallest absolute Gasteiger partial charge is 0.339 e. The van der Waals surface area contributed by atoms with Crippen LogP contribution < -0.4 is 21.3 Å². The molecule has 0 radical (unpaired) electrons. The summed E-state index contributed by atoms with van der Waals surface area (Å²) in [6.07, 6.45) is 3.02. The van der Waals surface area contributed by atoms with Gasteiger partial charge in [0.1, 0.15) is 6.61 Å². The van der Waals surface area contributed by atoms with Crippen LogP contribution >= 0.6 is 0 Å². The van der Waals surface area contributed by atoms with Crippen molar-refractivity contribution in [2.75, 3.05) is 44.4 Å². The van der Waals surface area contributed by atoms with Gasteiger partial charge in [-0.1, -0.05) is 19.1 Å². The number of hydrogen-bond acceptors (Lipinski definition) is 8. The van der Waals surface area contributed by atoms with E-state index in [0.29, 0.717) is 35.8 Å². The number of nitrogens with zero attached hydrogens (tertiary/aromatic N) is 4. The zero-order chi connectivity index (χ0) is 26.5. The molecule has 36 heavy (non-hydrogen) atoms. The molecule has 2 aromatic heterocycles. The number of nitrogens with two attached hydrogens (primary N) is 1. The van der Waals surface area contributed by atoms with Crippen LogP contribution in [0.2, 0.25) is 0 Å². The molecule has 10 nitrogen and oxygen atoms in total. The summed E-state index contributed by atoms with van der Waals surface area (Å²) in [5, 5.41) is 7.81. The van der Waals surface area contributed by atoms with Gasteiger partial charge in [-0.25, -0.2) is 9.48 Å². The van der Waals surface area contributed by atoms with Gasteiger partial charge in [0.15, 0.2) is 0 Å². The summed E-state index contributed by atoms with van der Waals surface area (Å²) in [4.78, 5) is 27.2. The number of carbonyl (C=O) groups excluding carboxylic acids is 1. The summed E-state index contributed by atoms with van der Waals surface area (Å²) >= 11 is 0. The van der Waals surface area contributed by atoms with E-state index in [0.717, 1.165) is 18.8 Å². The van der Waals surface area contributed by atoms with Crippen LogP contribution in [0.1, 0.15) is 31.1 Å². The van der Waals surface area contributed by atoms with E-state index in [2.05, 4.69) is 36.1 Å². The second kappa shape index (κ2) is 11.3. The van der Waals surface area contributed by atoms with Crippen molar-refractivity contribution in [2.45, 2.75) is 26.3 Å². The fourth-order valence-electron chi connectivity index (χ4n) is 4.11. The van der Waals surface area contributed by atoms with Crippen molar-refractivity contribution < 1.29 is 14.3 Å². The molecule has 10 heteroatoms. The summed E-state index contributed by atoms with van der Waals surface area (Å²) in [6, 6.07) is 9.24. The largest absolute Gasteiger partial charge is 0.476 e. The van der Waals surface area contributed by atoms with Crippen molar-refractivity contribution in [1.82, 2.24) is 19.2 Å². The lowest BCUT2D eigenvalue weighted by Gasteiger charge is -2.34. The highest BCUT2D eigenvalue weighted by molar-refractivity contribution is 5.90. The normalized spacial score (nSPS) is 11.5. The molecule has 194 valence electrons. The van der Waals surface area contributed by atoms with Gasteiger partial charge in [-0.15, -0.1) is 0 Å². The highest BCUT2D eigenvalue weighted by Crippen LogP contribution is 2.28. The monoisotopic (exact) mass is 496 g/mol. The molecule has 3 rings (SSSR count). The van der Waals surface area contributed by atoms with Gasteiger partial charge in [0.25, 0.3) is 5.56 Å². The number of pyridine rings is 1. The van der Waals surface area contributed by atoms with Crippen LogP contribution in [0.15, 0.2) is 47.5 Å². The Bertz CT molecular complexity index is 1260. The Kier molecular flexibility index (Phi) is 8.41. The van der Waals surface area contributed by atoms with Crippen molar-refractivity contribution >= 4 is 17.3 Å². The van der Waals surface area contributed by atoms with E-state index in [9.17, 15) is 9.59 Å². The molecule has 0 unspecified atom stereocenters. The van der Waals surface area contributed by atoms with Crippen molar-refractivity contribution in [3.8, 4) is 17.0 Å². The summed E-state index contributed by atoms with van der Waals surface area (Å²) < 4.78 is 13.9. The fraction of sp³-hybridized carbons (Fsp3) is 0.423. The summed E-state index contributed by atoms with van der Waals surface area (Å²) in [7, 11) is 4.65. The number of nitrogen functional groups attached to an aromatic ring is 1. The molecule has 0 fully saturated rings. The van der Waals surface area contributed by atoms with E-state index >= 15 is 0 Å². The highest BCUT2D eigenvalue weighted by atomic mass is 16.5. The number of nitrogens with one attached hydrogen (secondary N) is 1. The van der Waals surface area contributed by atoms with Crippen molar-refractivity contribution in [1.29, 1.82) is 0 Å². The number of para-hydroxylation sites is 2. The first kappa shape index (κ1) is 26.8. The van der Waals surface area contributed by atoms with Crippen molar-refractivity contribution in [3.05, 3.63) is 58.6 Å². The molecule has 3 aromatic rings. The highest BCUT2D eigenvalue weighted by Gasteiger charge is 2.23. The Balaban J connectivity index is 1.72. The molecule has 0 saturated carbocycles. The molecule has 0 saturated heterocycles. The third-order valence-corrected chi connectivity index (χ3v) is 5.93. The van der Waals surface area contributed by atoms with Crippen molar-refractivity contribution in [2.24, 2.45) is 14.1 Å². The number of esters is 1. The number of carbonyl (C=O) groups is 1. The molecule has 0 aliphatic carbocycles. The van der Waals surface area contributed by atoms with Gasteiger partial charge < -0.3 is 25.1 Å². The number of rotatable bonds is 11. The third kappa shape index (κ3) is 6.25. The fourth-order valence-corrected chi connectivity index (χ4v) is 4.11. The Morgan fingerprint density at radius 1 is 1.22 bits per heavy atom. The molecule has 0 spiro atoms. The van der Waals surface area contributed by atoms with Gasteiger partial charge in [-0.3, -0.25) is 9.69 Å². The van der Waals surface area contributed by atoms with E-state index in [-0.39, 0.29) is 16.7 Å². The van der Waals surface area contributed by atoms with Gasteiger partial charge in [-0.05, 0) is 38.6 Å². The first-order valence-electron chi connectivity index (χ1n) is 11.9. The van der Waals surface area contributed by atoms with Crippen LogP contribution in [-0.2, 0) is 18.8 Å². The lowest BCUT2D eigenvalue weighted by Crippen LogP contribution is -2.45. The number of aryl methyl sites for hydroxylation is 2. The summed E-state index contributed by atoms with van der Waals surface area (Å²) in [5.74, 6) is -0.0649. The van der Waals surface area contributed by atoms with Gasteiger partial charge >= 0.3 is 5.97 Å². The van der Waals surface area contributed by atoms with Crippen LogP contribution in [0.3, 0.4) is 0 Å². The minimum absolute atomic E-state index is 0.232. The van der Waals surface area contributed by atoms with Gasteiger partial charge in [0.05, 0.1) is 41.4 Å². The number of benzene rings is 1. The molecule has 3 N–H and O–H groups in total. The first-order valence-corrected chi connectivity index (χ1v) is 11.9. The Morgan fingerprint density at radius 3 is 2.61 bits per heavy atom. The summed E-state index contributed by atoms with van der Waals surface area (Å²) in [5.41, 5.74) is 8.34. The van der Waals surface area contributed by atoms with Crippen LogP contribution in [0.4, 0.5) is 11.4 Å². The minimum atomic E-state index is -0.523. The molecular weight excluding hydrogens is 460 g/mol. The molecule has 0 amide bonds. The predicted octanol–water partition coefficient (Wildman–Crippen LogP) is 2.75. The predicted molar refractivity (Wildman–Crippen MR) is 141 cm³/mol. The standard InChI is InChI=1S/C26H36N6O4/c1-7-32(17-26(2,3)29-22-11-9-8-10-21(22)27)12-13-36-24-20(15-28-31(24)5)19-14-18(25(34)35-6)16-30(4)23(19)33/h8-11,14-16,29H,7,12-13,17,27H2,1-6H3. The molecule has 0 bridgehead atoms. The number of ether oxygens (including phenoxy) is 2. The average Bonchev–Trinajstić information content (AvgIpc) is 3.20. The van der Waals surface area contributed by atoms with Crippen LogP contribution in [0.25, 0.3) is 11.1 Å². The third-order valence-electron chi connectivity index (χ3n) is 5.93. The molecule has 2 heterocycles. The minimum Gasteiger partial charge on any atom is -0.476 e. The number of likely N-dealkylation sites (N-methyl/N-ethyl adjacent to an activating group) is 1. The maximum absolute atomic E-state index is 12.8. The Hall–Kier alpha value is -3.79. The average molecular weight is 497 g/mol. The molecule has 0 aliphatic heterocycles. The zero-order valence-electron chi connectivity index (χ0n) is 21.9. The van der Waals surface area contributed by atoms with E-state index in [1.807, 2.05) is 24.3 Å². The Labute approximate surface area is 211 Å². The van der Waals surface area contributed by atoms with Crippen LogP contribution in [0, 0.1) is 0 Å². The molecular formula is C26H36N6O4. The molecule has 0 atom stereocenters. The van der Waals surface area contributed by atoms with E-state index in [1.165, 1.54) is 23.9 Å². The second-order valence-electron chi connectivity index (χ2n) is 9.35. The molecule has 1 aromatic carbocycles. The van der Waals surface area contributed by atoms with Gasteiger partial charge in [0, 0.05) is 38.9 Å². The van der Waals surface area contributed by atoms with E-state index in [4.69, 9.17) is 15.2 Å². The number of anilines is 2. The zero-order valence-corrected chi connectivity index (χ0v) is 21.9. The summed E-state index contributed by atoms with van der Waals surface area (Å²) in [6.45, 7) is 9.01. The lowest BCUT2D eigenvalue weighted by atomic mass is 10.0. The number of hydrogen-bond donors (Lipinski definition) is 2. The first-order chi connectivity index (χ1) is 17.1. The van der Waals surface area contributed by atoms with E-state index < -0.39 is 5.97 Å². The van der Waals surface area contributed by atoms with Gasteiger partial charge in [0.2, 0.25) is 5.88 Å². The van der Waals surface area contributed by atoms with Crippen LogP contribution in [-0.4, -0.2) is 64.1 Å². The maximum Gasteiger partial charge on any atom is 0.339 e. The number of aromatic nitrogens is 3. The maximum atomic E-state index is 12.8. The topological polar surface area (TPSA) is 117 Å². The number of methoxy groups -OCH3 is 1. The van der Waals surface area contributed by atoms with Crippen LogP contribution in [0.5, 0.6) is 5.88 Å². The SMILES string of the molecule is CCN(CCOc1c(-c2cc(C(=O)OC)cn(C)c2=O)cnn1C)CC(C)(C)Nc1ccccc1N. The second-order valence-corrected chi connectivity index (χ2v) is 9.35.